The van der Waals surface area contributed by atoms with Crippen LogP contribution in [0.4, 0.5) is 5.69 Å². The summed E-state index contributed by atoms with van der Waals surface area (Å²) in [6.45, 7) is 0. The van der Waals surface area contributed by atoms with Gasteiger partial charge in [-0.1, -0.05) is 18.2 Å². The summed E-state index contributed by atoms with van der Waals surface area (Å²) >= 11 is 0. The van der Waals surface area contributed by atoms with Crippen LogP contribution in [0.5, 0.6) is 0 Å². The number of aromatic nitrogens is 1. The number of rotatable bonds is 2. The van der Waals surface area contributed by atoms with Gasteiger partial charge in [0, 0.05) is 16.8 Å². The van der Waals surface area contributed by atoms with Gasteiger partial charge in [-0.3, -0.25) is 4.79 Å². The number of anilines is 1. The van der Waals surface area contributed by atoms with Crippen LogP contribution >= 0.6 is 0 Å². The number of carbonyl (C=O) groups is 1. The fraction of sp³-hybridized carbons (Fsp3) is 0. The third-order valence-corrected chi connectivity index (χ3v) is 2.73. The van der Waals surface area contributed by atoms with Gasteiger partial charge in [-0.2, -0.15) is 0 Å². The summed E-state index contributed by atoms with van der Waals surface area (Å²) in [5.74, 6) is 0.429. The van der Waals surface area contributed by atoms with Crippen molar-refractivity contribution in [2.75, 3.05) is 5.73 Å². The van der Waals surface area contributed by atoms with Gasteiger partial charge in [-0.05, 0) is 24.3 Å². The van der Waals surface area contributed by atoms with Crippen LogP contribution in [0.1, 0.15) is 10.4 Å². The van der Waals surface area contributed by atoms with E-state index in [-0.39, 0.29) is 0 Å². The first-order valence-corrected chi connectivity index (χ1v) is 5.48. The summed E-state index contributed by atoms with van der Waals surface area (Å²) in [5.41, 5.74) is 8.89. The lowest BCUT2D eigenvalue weighted by atomic mass is 10.1. The number of nitrogens with zero attached hydrogens (tertiary/aromatic N) is 1. The topological polar surface area (TPSA) is 69.1 Å². The van der Waals surface area contributed by atoms with Crippen molar-refractivity contribution in [1.29, 1.82) is 0 Å². The molecule has 0 aliphatic heterocycles. The third-order valence-electron chi connectivity index (χ3n) is 2.73. The van der Waals surface area contributed by atoms with Crippen molar-refractivity contribution in [2.24, 2.45) is 0 Å². The summed E-state index contributed by atoms with van der Waals surface area (Å²) in [6, 6.07) is 12.4. The number of fused-ring (bicyclic) bond motifs is 1. The van der Waals surface area contributed by atoms with E-state index in [1.165, 1.54) is 0 Å². The minimum atomic E-state index is 0.429. The smallest absolute Gasteiger partial charge is 0.228 e. The Morgan fingerprint density at radius 1 is 1.17 bits per heavy atom. The number of oxazole rings is 1. The van der Waals surface area contributed by atoms with E-state index in [0.29, 0.717) is 33.8 Å². The molecule has 0 fully saturated rings. The van der Waals surface area contributed by atoms with Crippen molar-refractivity contribution >= 4 is 23.1 Å². The molecule has 2 aromatic carbocycles. The van der Waals surface area contributed by atoms with Crippen molar-refractivity contribution in [3.8, 4) is 11.5 Å². The molecular formula is C14H10N2O2. The van der Waals surface area contributed by atoms with Crippen LogP contribution in [0.15, 0.2) is 46.9 Å². The highest BCUT2D eigenvalue weighted by molar-refractivity contribution is 5.87. The molecule has 0 unspecified atom stereocenters. The van der Waals surface area contributed by atoms with Crippen molar-refractivity contribution in [3.63, 3.8) is 0 Å². The van der Waals surface area contributed by atoms with E-state index in [4.69, 9.17) is 10.2 Å². The Balaban J connectivity index is 2.22. The molecule has 1 aromatic heterocycles. The van der Waals surface area contributed by atoms with Gasteiger partial charge < -0.3 is 10.2 Å². The molecule has 88 valence electrons. The molecule has 18 heavy (non-hydrogen) atoms. The zero-order valence-electron chi connectivity index (χ0n) is 9.46. The fourth-order valence-corrected chi connectivity index (χ4v) is 1.85. The number of carbonyl (C=O) groups excluding carboxylic acids is 1. The zero-order chi connectivity index (χ0) is 12.5. The molecule has 0 amide bonds. The van der Waals surface area contributed by atoms with E-state index in [0.717, 1.165) is 6.29 Å². The first-order valence-electron chi connectivity index (χ1n) is 5.48. The van der Waals surface area contributed by atoms with Gasteiger partial charge in [0.15, 0.2) is 11.9 Å². The Bertz CT molecular complexity index is 731. The van der Waals surface area contributed by atoms with Crippen LogP contribution < -0.4 is 5.73 Å². The van der Waals surface area contributed by atoms with Gasteiger partial charge in [0.1, 0.15) is 5.52 Å². The number of hydrogen-bond donors (Lipinski definition) is 1. The normalized spacial score (nSPS) is 10.7. The largest absolute Gasteiger partial charge is 0.436 e. The highest BCUT2D eigenvalue weighted by Gasteiger charge is 2.11. The number of nitrogens with two attached hydrogens (primary N) is 1. The summed E-state index contributed by atoms with van der Waals surface area (Å²) in [7, 11) is 0. The SMILES string of the molecule is Nc1ccc2oc(-c3ccccc3C=O)nc2c1. The molecule has 0 aliphatic rings. The van der Waals surface area contributed by atoms with E-state index in [2.05, 4.69) is 4.98 Å². The minimum absolute atomic E-state index is 0.429. The second-order valence-corrected chi connectivity index (χ2v) is 3.95. The Hall–Kier alpha value is -2.62. The maximum Gasteiger partial charge on any atom is 0.228 e. The summed E-state index contributed by atoms with van der Waals surface area (Å²) in [5, 5.41) is 0. The Kier molecular flexibility index (Phi) is 2.34. The van der Waals surface area contributed by atoms with Crippen LogP contribution in [0.2, 0.25) is 0 Å². The highest BCUT2D eigenvalue weighted by atomic mass is 16.3. The molecule has 0 aliphatic carbocycles. The van der Waals surface area contributed by atoms with E-state index in [9.17, 15) is 4.79 Å². The van der Waals surface area contributed by atoms with Gasteiger partial charge >= 0.3 is 0 Å². The van der Waals surface area contributed by atoms with Gasteiger partial charge in [0.2, 0.25) is 5.89 Å². The van der Waals surface area contributed by atoms with Crippen LogP contribution in [-0.4, -0.2) is 11.3 Å². The Morgan fingerprint density at radius 2 is 2.00 bits per heavy atom. The van der Waals surface area contributed by atoms with E-state index in [1.807, 2.05) is 6.07 Å². The number of hydrogen-bond acceptors (Lipinski definition) is 4. The van der Waals surface area contributed by atoms with E-state index in [1.54, 1.807) is 36.4 Å². The number of nitrogen functional groups attached to an aromatic ring is 1. The van der Waals surface area contributed by atoms with E-state index < -0.39 is 0 Å². The molecule has 4 heteroatoms. The molecule has 0 bridgehead atoms. The molecule has 0 saturated heterocycles. The van der Waals surface area contributed by atoms with Crippen LogP contribution in [0.25, 0.3) is 22.6 Å². The van der Waals surface area contributed by atoms with Gasteiger partial charge in [-0.15, -0.1) is 0 Å². The van der Waals surface area contributed by atoms with Crippen LogP contribution in [0, 0.1) is 0 Å². The summed E-state index contributed by atoms with van der Waals surface area (Å²) in [6.07, 6.45) is 0.790. The first-order chi connectivity index (χ1) is 8.78. The molecule has 4 nitrogen and oxygen atoms in total. The minimum Gasteiger partial charge on any atom is -0.436 e. The maximum atomic E-state index is 11.0. The van der Waals surface area contributed by atoms with Gasteiger partial charge in [0.05, 0.1) is 0 Å². The van der Waals surface area contributed by atoms with Crippen LogP contribution in [-0.2, 0) is 0 Å². The lowest BCUT2D eigenvalue weighted by Gasteiger charge is -1.97. The van der Waals surface area contributed by atoms with Crippen molar-refractivity contribution in [3.05, 3.63) is 48.0 Å². The Morgan fingerprint density at radius 3 is 2.83 bits per heavy atom. The zero-order valence-corrected chi connectivity index (χ0v) is 9.46. The van der Waals surface area contributed by atoms with Crippen LogP contribution in [0.3, 0.4) is 0 Å². The maximum absolute atomic E-state index is 11.0. The molecule has 3 aromatic rings. The Labute approximate surface area is 103 Å². The molecule has 0 radical (unpaired) electrons. The lowest BCUT2D eigenvalue weighted by molar-refractivity contribution is 0.112. The molecule has 2 N–H and O–H groups in total. The average Bonchev–Trinajstić information content (AvgIpc) is 2.81. The predicted octanol–water partition coefficient (Wildman–Crippen LogP) is 2.89. The molecule has 3 rings (SSSR count). The monoisotopic (exact) mass is 238 g/mol. The van der Waals surface area contributed by atoms with E-state index >= 15 is 0 Å². The summed E-state index contributed by atoms with van der Waals surface area (Å²) < 4.78 is 5.63. The predicted molar refractivity (Wildman–Crippen MR) is 69.2 cm³/mol. The molecule has 0 saturated carbocycles. The summed E-state index contributed by atoms with van der Waals surface area (Å²) in [4.78, 5) is 15.3. The average molecular weight is 238 g/mol. The standard InChI is InChI=1S/C14H10N2O2/c15-10-5-6-13-12(7-10)16-14(18-13)11-4-2-1-3-9(11)8-17/h1-8H,15H2. The van der Waals surface area contributed by atoms with Crippen molar-refractivity contribution in [1.82, 2.24) is 4.98 Å². The second-order valence-electron chi connectivity index (χ2n) is 3.95. The molecular weight excluding hydrogens is 228 g/mol. The third kappa shape index (κ3) is 1.64. The van der Waals surface area contributed by atoms with Gasteiger partial charge in [-0.25, -0.2) is 4.98 Å². The fourth-order valence-electron chi connectivity index (χ4n) is 1.85. The highest BCUT2D eigenvalue weighted by Crippen LogP contribution is 2.27. The first kappa shape index (κ1) is 10.5. The van der Waals surface area contributed by atoms with Crippen molar-refractivity contribution in [2.45, 2.75) is 0 Å². The molecule has 1 heterocycles. The molecule has 0 spiro atoms. The molecule has 0 atom stereocenters. The second kappa shape index (κ2) is 4.00. The lowest BCUT2D eigenvalue weighted by Crippen LogP contribution is -1.86. The number of benzene rings is 2. The van der Waals surface area contributed by atoms with Crippen molar-refractivity contribution < 1.29 is 9.21 Å². The van der Waals surface area contributed by atoms with Gasteiger partial charge in [0.25, 0.3) is 0 Å². The number of aldehydes is 1. The quantitative estimate of drug-likeness (QED) is 0.550.